The first kappa shape index (κ1) is 29.7. The summed E-state index contributed by atoms with van der Waals surface area (Å²) < 4.78 is 2.48. The van der Waals surface area contributed by atoms with E-state index in [1.165, 1.54) is 22.3 Å². The van der Waals surface area contributed by atoms with Crippen molar-refractivity contribution < 1.29 is 41.4 Å². The van der Waals surface area contributed by atoms with Crippen molar-refractivity contribution in [2.24, 2.45) is 5.92 Å². The van der Waals surface area contributed by atoms with E-state index < -0.39 is 22.8 Å². The van der Waals surface area contributed by atoms with Crippen molar-refractivity contribution in [2.75, 3.05) is 0 Å². The van der Waals surface area contributed by atoms with Gasteiger partial charge in [0, 0.05) is 0 Å². The molecule has 4 rings (SSSR count). The molecule has 4 heteroatoms. The molecule has 34 heavy (non-hydrogen) atoms. The first-order valence-corrected chi connectivity index (χ1v) is 18.7. The quantitative estimate of drug-likeness (QED) is 0.508. The molecule has 0 saturated heterocycles. The van der Waals surface area contributed by atoms with Gasteiger partial charge in [-0.3, -0.25) is 0 Å². The van der Waals surface area contributed by atoms with Crippen molar-refractivity contribution in [3.63, 3.8) is 0 Å². The average molecular weight is 548 g/mol. The standard InChI is InChI=1S/C21H25.C7H9.C2H6Si.2ClH.Ti/c1-20(2,3)16-7-9-18-14(12-16)11-15-13-17(21(4,5)6)8-10-19(15)18;1-6-3-4-7(2)5-6;1-3-2;;;/h7-13H,1-6H3;3-4,6H,1-2H3;1-2H3;2*1H;/q;;;;;+2/p-2. The summed E-state index contributed by atoms with van der Waals surface area (Å²) in [6, 6.07) is 14.8. The smallest absolute Gasteiger partial charge is 1.00 e. The maximum atomic E-state index is 2.60. The minimum absolute atomic E-state index is 0. The van der Waals surface area contributed by atoms with E-state index in [9.17, 15) is 0 Å². The Morgan fingerprint density at radius 1 is 0.765 bits per heavy atom. The van der Waals surface area contributed by atoms with E-state index in [4.69, 9.17) is 0 Å². The molecule has 0 amide bonds. The monoisotopic (exact) mass is 546 g/mol. The second kappa shape index (κ2) is 10.4. The maximum Gasteiger partial charge on any atom is -1.00 e. The molecule has 0 N–H and O–H groups in total. The van der Waals surface area contributed by atoms with Crippen LogP contribution in [0.25, 0.3) is 11.1 Å². The molecule has 1 unspecified atom stereocenters. The fourth-order valence-corrected chi connectivity index (χ4v) is 18.8. The number of halogens is 2. The third kappa shape index (κ3) is 5.25. The van der Waals surface area contributed by atoms with Gasteiger partial charge in [0.1, 0.15) is 0 Å². The van der Waals surface area contributed by atoms with Crippen molar-refractivity contribution in [1.82, 2.24) is 0 Å². The summed E-state index contributed by atoms with van der Waals surface area (Å²) in [5, 5.41) is 0. The van der Waals surface area contributed by atoms with E-state index in [2.05, 4.69) is 117 Å². The summed E-state index contributed by atoms with van der Waals surface area (Å²) >= 11 is -1.60. The van der Waals surface area contributed by atoms with Crippen LogP contribution in [0.15, 0.2) is 58.0 Å². The molecule has 0 aliphatic heterocycles. The summed E-state index contributed by atoms with van der Waals surface area (Å²) in [6.07, 6.45) is 4.45. The molecule has 2 aliphatic carbocycles. The van der Waals surface area contributed by atoms with Crippen LogP contribution in [0.2, 0.25) is 13.1 Å². The molecule has 0 radical (unpaired) electrons. The minimum atomic E-state index is -1.60. The van der Waals surface area contributed by atoms with E-state index >= 15 is 0 Å². The van der Waals surface area contributed by atoms with Crippen LogP contribution in [-0.4, -0.2) is 6.19 Å². The van der Waals surface area contributed by atoms with Gasteiger partial charge in [-0.05, 0) is 0 Å². The first-order valence-electron chi connectivity index (χ1n) is 12.2. The van der Waals surface area contributed by atoms with E-state index in [0.717, 1.165) is 0 Å². The number of allylic oxidation sites excluding steroid dienone is 4. The number of hydrogen-bond donors (Lipinski definition) is 0. The molecule has 0 nitrogen and oxygen atoms in total. The van der Waals surface area contributed by atoms with Gasteiger partial charge < -0.3 is 24.8 Å². The van der Waals surface area contributed by atoms with E-state index in [1.54, 1.807) is 16.7 Å². The SMILES string of the molecule is CC1=[C]([Ti+2]([CH]2c3cc(C(C)(C)C)ccc3-c3ccc(C(C)(C)C)cc32)=[Si](C)C)C(C)C=C1.[Cl-].[Cl-]. The van der Waals surface area contributed by atoms with E-state index in [1.807, 2.05) is 3.88 Å². The molecule has 0 fully saturated rings. The molecular formula is C30H40Cl2SiTi. The molecule has 2 aromatic carbocycles. The van der Waals surface area contributed by atoms with Gasteiger partial charge in [0.25, 0.3) is 0 Å². The van der Waals surface area contributed by atoms with Crippen molar-refractivity contribution >= 4 is 6.19 Å². The Morgan fingerprint density at radius 2 is 1.21 bits per heavy atom. The molecule has 0 bridgehead atoms. The third-order valence-electron chi connectivity index (χ3n) is 7.38. The van der Waals surface area contributed by atoms with Crippen LogP contribution in [0.5, 0.6) is 0 Å². The Balaban J connectivity index is 0.00000204. The Hall–Kier alpha value is -0.569. The van der Waals surface area contributed by atoms with Crippen LogP contribution in [0.3, 0.4) is 0 Å². The van der Waals surface area contributed by atoms with Gasteiger partial charge in [0.05, 0.1) is 0 Å². The Kier molecular flexibility index (Phi) is 9.10. The molecule has 1 atom stereocenters. The number of hydrogen-bond acceptors (Lipinski definition) is 0. The summed E-state index contributed by atoms with van der Waals surface area (Å²) in [5.74, 6) is 0.619. The van der Waals surface area contributed by atoms with Gasteiger partial charge in [-0.25, -0.2) is 0 Å². The zero-order valence-electron chi connectivity index (χ0n) is 22.5. The van der Waals surface area contributed by atoms with Gasteiger partial charge in [-0.15, -0.1) is 0 Å². The number of benzene rings is 2. The fourth-order valence-electron chi connectivity index (χ4n) is 5.51. The summed E-state index contributed by atoms with van der Waals surface area (Å²) in [7, 11) is 0. The largest absolute Gasteiger partial charge is 1.00 e. The van der Waals surface area contributed by atoms with Gasteiger partial charge in [-0.2, -0.15) is 0 Å². The number of fused-ring (bicyclic) bond motifs is 3. The molecule has 0 aromatic heterocycles. The van der Waals surface area contributed by atoms with Crippen molar-refractivity contribution in [3.8, 4) is 11.1 Å². The molecular weight excluding hydrogens is 507 g/mol. The third-order valence-corrected chi connectivity index (χ3v) is 19.9. The molecule has 2 aliphatic rings. The molecule has 2 aromatic rings. The average Bonchev–Trinajstić information content (AvgIpc) is 3.18. The normalized spacial score (nSPS) is 16.9. The predicted molar refractivity (Wildman–Crippen MR) is 140 cm³/mol. The Morgan fingerprint density at radius 3 is 1.53 bits per heavy atom. The summed E-state index contributed by atoms with van der Waals surface area (Å²) in [6.45, 7) is 24.1. The molecule has 182 valence electrons. The van der Waals surface area contributed by atoms with E-state index in [-0.39, 0.29) is 35.6 Å². The fraction of sp³-hybridized carbons (Fsp3) is 0.467. The topological polar surface area (TPSA) is 0 Å². The van der Waals surface area contributed by atoms with Crippen LogP contribution < -0.4 is 24.8 Å². The summed E-state index contributed by atoms with van der Waals surface area (Å²) in [4.78, 5) is 0. The van der Waals surface area contributed by atoms with Gasteiger partial charge >= 0.3 is 204 Å². The van der Waals surface area contributed by atoms with Crippen molar-refractivity contribution in [2.45, 2.75) is 83.5 Å². The van der Waals surface area contributed by atoms with Crippen molar-refractivity contribution in [1.29, 1.82) is 0 Å². The van der Waals surface area contributed by atoms with Crippen LogP contribution >= 0.6 is 0 Å². The van der Waals surface area contributed by atoms with Gasteiger partial charge in [0.15, 0.2) is 0 Å². The predicted octanol–water partition coefficient (Wildman–Crippen LogP) is 2.71. The van der Waals surface area contributed by atoms with Gasteiger partial charge in [0.2, 0.25) is 0 Å². The maximum absolute atomic E-state index is 2.60. The molecule has 0 heterocycles. The first-order chi connectivity index (χ1) is 14.8. The zero-order chi connectivity index (χ0) is 23.6. The van der Waals surface area contributed by atoms with E-state index in [0.29, 0.717) is 10.1 Å². The van der Waals surface area contributed by atoms with Crippen LogP contribution in [-0.2, 0) is 27.4 Å². The Bertz CT molecular complexity index is 1120. The second-order valence-corrected chi connectivity index (χ2v) is 24.1. The van der Waals surface area contributed by atoms with Crippen LogP contribution in [0.1, 0.15) is 81.9 Å². The Labute approximate surface area is 227 Å². The zero-order valence-corrected chi connectivity index (χ0v) is 26.6. The van der Waals surface area contributed by atoms with Crippen molar-refractivity contribution in [3.05, 3.63) is 80.3 Å². The van der Waals surface area contributed by atoms with Crippen LogP contribution in [0.4, 0.5) is 0 Å². The van der Waals surface area contributed by atoms with Gasteiger partial charge in [-0.1, -0.05) is 0 Å². The minimum Gasteiger partial charge on any atom is -1.00 e. The van der Waals surface area contributed by atoms with Crippen LogP contribution in [0, 0.1) is 5.92 Å². The second-order valence-electron chi connectivity index (χ2n) is 12.2. The molecule has 0 saturated carbocycles. The summed E-state index contributed by atoms with van der Waals surface area (Å²) in [5.41, 5.74) is 11.2. The number of rotatable bonds is 2. The molecule has 0 spiro atoms.